The van der Waals surface area contributed by atoms with Crippen LogP contribution in [0.1, 0.15) is 75.1 Å². The van der Waals surface area contributed by atoms with Gasteiger partial charge in [-0.2, -0.15) is 0 Å². The molecule has 2 heterocycles. The van der Waals surface area contributed by atoms with Crippen molar-refractivity contribution in [2.75, 3.05) is 0 Å². The molecule has 6 heteroatoms. The van der Waals surface area contributed by atoms with Crippen LogP contribution < -0.4 is 10.9 Å². The first-order valence-electron chi connectivity index (χ1n) is 9.18. The maximum atomic E-state index is 12.5. The van der Waals surface area contributed by atoms with E-state index in [-0.39, 0.29) is 17.9 Å². The predicted octanol–water partition coefficient (Wildman–Crippen LogP) is 3.95. The zero-order chi connectivity index (χ0) is 19.0. The van der Waals surface area contributed by atoms with Gasteiger partial charge < -0.3 is 4.57 Å². The number of fused-ring (bicyclic) bond motifs is 1. The third-order valence-electron chi connectivity index (χ3n) is 5.09. The van der Waals surface area contributed by atoms with E-state index in [0.717, 1.165) is 24.2 Å². The first kappa shape index (κ1) is 18.7. The number of hydrogen-bond donors (Lipinski definition) is 2. The Labute approximate surface area is 158 Å². The molecule has 0 aliphatic heterocycles. The van der Waals surface area contributed by atoms with Crippen molar-refractivity contribution in [1.29, 1.82) is 0 Å². The molecule has 26 heavy (non-hydrogen) atoms. The van der Waals surface area contributed by atoms with Crippen molar-refractivity contribution in [3.63, 3.8) is 0 Å². The summed E-state index contributed by atoms with van der Waals surface area (Å²) in [5.74, 6) is 0.139. The van der Waals surface area contributed by atoms with Crippen LogP contribution in [0.15, 0.2) is 12.1 Å². The molecule has 0 unspecified atom stereocenters. The standard InChI is InChI=1S/C20H27N3O2S/c1-11(2)23-13(4)9-16(14(23)5)19(24)21-22-20(25)18-10-15-8-12(3)6-7-17(15)26-18/h9-12H,6-8H2,1-5H3,(H,21,24)(H,22,25)/t12-/m0/s1. The van der Waals surface area contributed by atoms with Crippen molar-refractivity contribution in [2.45, 2.75) is 59.9 Å². The highest BCUT2D eigenvalue weighted by atomic mass is 32.1. The summed E-state index contributed by atoms with van der Waals surface area (Å²) in [6, 6.07) is 4.12. The van der Waals surface area contributed by atoms with E-state index in [1.54, 1.807) is 0 Å². The number of hydrazine groups is 1. The zero-order valence-electron chi connectivity index (χ0n) is 16.1. The molecule has 3 rings (SSSR count). The molecule has 0 saturated heterocycles. The molecule has 0 bridgehead atoms. The van der Waals surface area contributed by atoms with E-state index in [1.807, 2.05) is 26.0 Å². The Hall–Kier alpha value is -2.08. The van der Waals surface area contributed by atoms with E-state index < -0.39 is 0 Å². The molecule has 1 aliphatic carbocycles. The second-order valence-corrected chi connectivity index (χ2v) is 8.70. The molecular weight excluding hydrogens is 346 g/mol. The van der Waals surface area contributed by atoms with Gasteiger partial charge in [0.25, 0.3) is 11.8 Å². The van der Waals surface area contributed by atoms with Gasteiger partial charge in [0, 0.05) is 22.3 Å². The van der Waals surface area contributed by atoms with Crippen molar-refractivity contribution in [3.05, 3.63) is 44.4 Å². The fourth-order valence-corrected chi connectivity index (χ4v) is 4.97. The minimum atomic E-state index is -0.284. The average molecular weight is 374 g/mol. The molecule has 2 aromatic heterocycles. The number of thiophene rings is 1. The van der Waals surface area contributed by atoms with Crippen LogP contribution in [-0.2, 0) is 12.8 Å². The first-order chi connectivity index (χ1) is 12.3. The molecule has 0 aromatic carbocycles. The average Bonchev–Trinajstić information content (AvgIpc) is 3.12. The van der Waals surface area contributed by atoms with Gasteiger partial charge in [0.15, 0.2) is 0 Å². The number of hydrogen-bond acceptors (Lipinski definition) is 3. The van der Waals surface area contributed by atoms with Gasteiger partial charge in [-0.3, -0.25) is 20.4 Å². The number of carbonyl (C=O) groups excluding carboxylic acids is 2. The Kier molecular flexibility index (Phi) is 5.23. The number of amides is 2. The van der Waals surface area contributed by atoms with Crippen molar-refractivity contribution in [2.24, 2.45) is 5.92 Å². The van der Waals surface area contributed by atoms with Gasteiger partial charge in [0.2, 0.25) is 0 Å². The van der Waals surface area contributed by atoms with Crippen LogP contribution in [0, 0.1) is 19.8 Å². The second kappa shape index (κ2) is 7.27. The highest BCUT2D eigenvalue weighted by Gasteiger charge is 2.22. The molecule has 2 amide bonds. The van der Waals surface area contributed by atoms with E-state index in [0.29, 0.717) is 16.4 Å². The van der Waals surface area contributed by atoms with E-state index in [9.17, 15) is 9.59 Å². The van der Waals surface area contributed by atoms with Crippen molar-refractivity contribution in [3.8, 4) is 0 Å². The fourth-order valence-electron chi connectivity index (χ4n) is 3.86. The summed E-state index contributed by atoms with van der Waals surface area (Å²) >= 11 is 1.54. The van der Waals surface area contributed by atoms with Crippen LogP contribution in [0.3, 0.4) is 0 Å². The Bertz CT molecular complexity index is 848. The molecule has 1 atom stereocenters. The number of carbonyl (C=O) groups is 2. The van der Waals surface area contributed by atoms with E-state index in [2.05, 4.69) is 36.2 Å². The lowest BCUT2D eigenvalue weighted by Gasteiger charge is -2.16. The smallest absolute Gasteiger partial charge is 0.279 e. The highest BCUT2D eigenvalue weighted by Crippen LogP contribution is 2.32. The van der Waals surface area contributed by atoms with Gasteiger partial charge in [-0.25, -0.2) is 0 Å². The fraction of sp³-hybridized carbons (Fsp3) is 0.500. The number of aryl methyl sites for hydroxylation is 2. The number of aromatic nitrogens is 1. The lowest BCUT2D eigenvalue weighted by atomic mass is 9.90. The third-order valence-corrected chi connectivity index (χ3v) is 6.32. The lowest BCUT2D eigenvalue weighted by Crippen LogP contribution is -2.41. The van der Waals surface area contributed by atoms with Crippen LogP contribution in [0.2, 0.25) is 0 Å². The molecule has 5 nitrogen and oxygen atoms in total. The molecule has 2 aromatic rings. The summed E-state index contributed by atoms with van der Waals surface area (Å²) in [5.41, 5.74) is 8.95. The molecule has 1 aliphatic rings. The van der Waals surface area contributed by atoms with E-state index >= 15 is 0 Å². The molecular formula is C20H27N3O2S. The number of nitrogens with zero attached hydrogens (tertiary/aromatic N) is 1. The second-order valence-electron chi connectivity index (χ2n) is 7.56. The van der Waals surface area contributed by atoms with Crippen molar-refractivity contribution < 1.29 is 9.59 Å². The van der Waals surface area contributed by atoms with Crippen LogP contribution in [0.25, 0.3) is 0 Å². The van der Waals surface area contributed by atoms with Gasteiger partial charge in [-0.05, 0) is 70.6 Å². The van der Waals surface area contributed by atoms with Crippen molar-refractivity contribution >= 4 is 23.2 Å². The van der Waals surface area contributed by atoms with Gasteiger partial charge >= 0.3 is 0 Å². The summed E-state index contributed by atoms with van der Waals surface area (Å²) in [6.45, 7) is 10.3. The summed E-state index contributed by atoms with van der Waals surface area (Å²) in [4.78, 5) is 26.9. The van der Waals surface area contributed by atoms with Crippen molar-refractivity contribution in [1.82, 2.24) is 15.4 Å². The van der Waals surface area contributed by atoms with Crippen LogP contribution in [0.4, 0.5) is 0 Å². The molecule has 0 spiro atoms. The Balaban J connectivity index is 1.67. The molecule has 0 saturated carbocycles. The Morgan fingerprint density at radius 3 is 2.54 bits per heavy atom. The Morgan fingerprint density at radius 2 is 1.88 bits per heavy atom. The Morgan fingerprint density at radius 1 is 1.19 bits per heavy atom. The maximum absolute atomic E-state index is 12.5. The molecule has 0 fully saturated rings. The molecule has 0 radical (unpaired) electrons. The normalized spacial score (nSPS) is 16.5. The monoisotopic (exact) mass is 373 g/mol. The molecule has 140 valence electrons. The number of nitrogens with one attached hydrogen (secondary N) is 2. The topological polar surface area (TPSA) is 63.1 Å². The van der Waals surface area contributed by atoms with E-state index in [4.69, 9.17) is 0 Å². The van der Waals surface area contributed by atoms with E-state index in [1.165, 1.54) is 28.2 Å². The highest BCUT2D eigenvalue weighted by molar-refractivity contribution is 7.14. The van der Waals surface area contributed by atoms with Gasteiger partial charge in [0.1, 0.15) is 0 Å². The first-order valence-corrected chi connectivity index (χ1v) is 10.00. The molecule has 2 N–H and O–H groups in total. The minimum Gasteiger partial charge on any atom is -0.346 e. The van der Waals surface area contributed by atoms with Crippen LogP contribution >= 0.6 is 11.3 Å². The predicted molar refractivity (Wildman–Crippen MR) is 105 cm³/mol. The third kappa shape index (κ3) is 3.56. The lowest BCUT2D eigenvalue weighted by molar-refractivity contribution is 0.0848. The summed E-state index contributed by atoms with van der Waals surface area (Å²) in [5, 5.41) is 0. The maximum Gasteiger partial charge on any atom is 0.279 e. The largest absolute Gasteiger partial charge is 0.346 e. The quantitative estimate of drug-likeness (QED) is 0.800. The van der Waals surface area contributed by atoms with Crippen LogP contribution in [-0.4, -0.2) is 16.4 Å². The van der Waals surface area contributed by atoms with Gasteiger partial charge in [0.05, 0.1) is 10.4 Å². The van der Waals surface area contributed by atoms with Gasteiger partial charge in [-0.1, -0.05) is 6.92 Å². The van der Waals surface area contributed by atoms with Gasteiger partial charge in [-0.15, -0.1) is 11.3 Å². The SMILES string of the molecule is Cc1cc(C(=O)NNC(=O)c2cc3c(s2)CC[C@H](C)C3)c(C)n1C(C)C. The number of rotatable bonds is 3. The summed E-state index contributed by atoms with van der Waals surface area (Å²) < 4.78 is 2.12. The van der Waals surface area contributed by atoms with Crippen LogP contribution in [0.5, 0.6) is 0 Å². The minimum absolute atomic E-state index is 0.247. The summed E-state index contributed by atoms with van der Waals surface area (Å²) in [6.07, 6.45) is 3.26. The zero-order valence-corrected chi connectivity index (χ0v) is 16.9. The summed E-state index contributed by atoms with van der Waals surface area (Å²) in [7, 11) is 0.